The molecule has 28 heavy (non-hydrogen) atoms. The number of benzene rings is 2. The number of carbonyl (C=O) groups is 1. The molecular formula is C18H9F5N2O3. The van der Waals surface area contributed by atoms with Crippen molar-refractivity contribution in [2.75, 3.05) is 18.5 Å². The number of hydrogen-bond acceptors (Lipinski definition) is 4. The fraction of sp³-hybridized carbons (Fsp3) is 0.111. The van der Waals surface area contributed by atoms with Crippen LogP contribution in [0.25, 0.3) is 6.08 Å². The molecular weight excluding hydrogens is 387 g/mol. The average molecular weight is 396 g/mol. The fourth-order valence-corrected chi connectivity index (χ4v) is 2.36. The second kappa shape index (κ2) is 7.56. The van der Waals surface area contributed by atoms with Gasteiger partial charge in [0.2, 0.25) is 5.82 Å². The maximum atomic E-state index is 13.7. The summed E-state index contributed by atoms with van der Waals surface area (Å²) >= 11 is 0. The van der Waals surface area contributed by atoms with Crippen molar-refractivity contribution in [2.24, 2.45) is 0 Å². The summed E-state index contributed by atoms with van der Waals surface area (Å²) in [5, 5.41) is 11.3. The van der Waals surface area contributed by atoms with E-state index in [1.54, 1.807) is 0 Å². The number of ether oxygens (including phenoxy) is 2. The molecule has 0 aromatic heterocycles. The van der Waals surface area contributed by atoms with Crippen molar-refractivity contribution in [3.63, 3.8) is 0 Å². The number of nitriles is 1. The molecule has 0 bridgehead atoms. The van der Waals surface area contributed by atoms with Gasteiger partial charge in [-0.2, -0.15) is 5.26 Å². The van der Waals surface area contributed by atoms with Gasteiger partial charge in [-0.25, -0.2) is 22.0 Å². The fourth-order valence-electron chi connectivity index (χ4n) is 2.36. The van der Waals surface area contributed by atoms with E-state index in [1.807, 2.05) is 0 Å². The van der Waals surface area contributed by atoms with E-state index in [0.29, 0.717) is 18.1 Å². The first-order chi connectivity index (χ1) is 13.3. The lowest BCUT2D eigenvalue weighted by Gasteiger charge is -2.18. The van der Waals surface area contributed by atoms with Gasteiger partial charge in [0.25, 0.3) is 5.91 Å². The molecule has 5 nitrogen and oxygen atoms in total. The van der Waals surface area contributed by atoms with Crippen LogP contribution >= 0.6 is 0 Å². The van der Waals surface area contributed by atoms with E-state index >= 15 is 0 Å². The van der Waals surface area contributed by atoms with Crippen molar-refractivity contribution in [1.82, 2.24) is 0 Å². The number of carbonyl (C=O) groups excluding carboxylic acids is 1. The summed E-state index contributed by atoms with van der Waals surface area (Å²) in [4.78, 5) is 12.2. The number of halogens is 5. The van der Waals surface area contributed by atoms with Gasteiger partial charge in [0, 0.05) is 11.8 Å². The van der Waals surface area contributed by atoms with Gasteiger partial charge in [0.15, 0.2) is 34.8 Å². The van der Waals surface area contributed by atoms with E-state index in [-0.39, 0.29) is 18.4 Å². The van der Waals surface area contributed by atoms with Crippen molar-refractivity contribution in [3.8, 4) is 17.6 Å². The molecule has 3 rings (SSSR count). The monoisotopic (exact) mass is 396 g/mol. The number of nitrogens with one attached hydrogen (secondary N) is 1. The van der Waals surface area contributed by atoms with Crippen LogP contribution in [-0.4, -0.2) is 19.1 Å². The van der Waals surface area contributed by atoms with Crippen LogP contribution in [0.5, 0.6) is 11.5 Å². The van der Waals surface area contributed by atoms with Gasteiger partial charge in [-0.1, -0.05) is 0 Å². The molecule has 2 aromatic rings. The van der Waals surface area contributed by atoms with E-state index in [1.165, 1.54) is 24.3 Å². The van der Waals surface area contributed by atoms with Gasteiger partial charge in [0.05, 0.1) is 5.56 Å². The molecule has 0 aliphatic carbocycles. The zero-order chi connectivity index (χ0) is 20.4. The normalized spacial score (nSPS) is 13.1. The lowest BCUT2D eigenvalue weighted by molar-refractivity contribution is -0.112. The third kappa shape index (κ3) is 3.46. The highest BCUT2D eigenvalue weighted by Crippen LogP contribution is 2.33. The van der Waals surface area contributed by atoms with Crippen LogP contribution in [0.15, 0.2) is 23.8 Å². The minimum atomic E-state index is -2.34. The molecule has 0 radical (unpaired) electrons. The number of nitrogens with zero attached hydrogens (tertiary/aromatic N) is 1. The summed E-state index contributed by atoms with van der Waals surface area (Å²) in [6.07, 6.45) is 0.281. The highest BCUT2D eigenvalue weighted by Gasteiger charge is 2.25. The quantitative estimate of drug-likeness (QED) is 0.282. The topological polar surface area (TPSA) is 71.4 Å². The number of rotatable bonds is 3. The van der Waals surface area contributed by atoms with Crippen LogP contribution in [0.2, 0.25) is 0 Å². The van der Waals surface area contributed by atoms with Gasteiger partial charge in [-0.3, -0.25) is 4.79 Å². The Hall–Kier alpha value is -3.61. The van der Waals surface area contributed by atoms with Gasteiger partial charge >= 0.3 is 0 Å². The molecule has 0 saturated carbocycles. The smallest absolute Gasteiger partial charge is 0.266 e. The number of amides is 1. The number of hydrogen-bond donors (Lipinski definition) is 1. The Morgan fingerprint density at radius 2 is 1.54 bits per heavy atom. The van der Waals surface area contributed by atoms with Crippen molar-refractivity contribution >= 4 is 17.7 Å². The van der Waals surface area contributed by atoms with E-state index in [2.05, 4.69) is 5.32 Å². The summed E-state index contributed by atoms with van der Waals surface area (Å²) < 4.78 is 77.7. The largest absolute Gasteiger partial charge is 0.486 e. The standard InChI is InChI=1S/C18H9F5N2O3/c19-13-10(14(20)16(22)17(23)15(13)21)5-8(7-24)18(26)25-9-1-2-11-12(6-9)28-4-3-27-11/h1-2,5-6H,3-4H2,(H,25,26). The van der Waals surface area contributed by atoms with Crippen molar-refractivity contribution < 1.29 is 36.2 Å². The Labute approximate surface area is 154 Å². The van der Waals surface area contributed by atoms with Crippen LogP contribution in [0, 0.1) is 40.4 Å². The Bertz CT molecular complexity index is 1020. The van der Waals surface area contributed by atoms with E-state index in [9.17, 15) is 26.7 Å². The molecule has 1 aliphatic heterocycles. The Morgan fingerprint density at radius 3 is 2.14 bits per heavy atom. The first kappa shape index (κ1) is 19.2. The van der Waals surface area contributed by atoms with E-state index < -0.39 is 46.1 Å². The second-order valence-electron chi connectivity index (χ2n) is 5.47. The lowest BCUT2D eigenvalue weighted by Crippen LogP contribution is -2.17. The number of anilines is 1. The van der Waals surface area contributed by atoms with Crippen LogP contribution in [-0.2, 0) is 4.79 Å². The molecule has 144 valence electrons. The molecule has 0 spiro atoms. The molecule has 10 heteroatoms. The van der Waals surface area contributed by atoms with E-state index in [4.69, 9.17) is 14.7 Å². The maximum Gasteiger partial charge on any atom is 0.266 e. The first-order valence-electron chi connectivity index (χ1n) is 7.67. The van der Waals surface area contributed by atoms with Gasteiger partial charge < -0.3 is 14.8 Å². The van der Waals surface area contributed by atoms with Crippen LogP contribution in [0.4, 0.5) is 27.6 Å². The minimum absolute atomic E-state index is 0.160. The highest BCUT2D eigenvalue weighted by molar-refractivity contribution is 6.09. The molecule has 0 saturated heterocycles. The Balaban J connectivity index is 1.92. The Morgan fingerprint density at radius 1 is 0.964 bits per heavy atom. The molecule has 2 aromatic carbocycles. The summed E-state index contributed by atoms with van der Waals surface area (Å²) in [6, 6.07) is 5.66. The molecule has 0 unspecified atom stereocenters. The van der Waals surface area contributed by atoms with Gasteiger partial charge in [-0.05, 0) is 18.2 Å². The van der Waals surface area contributed by atoms with Crippen molar-refractivity contribution in [1.29, 1.82) is 5.26 Å². The van der Waals surface area contributed by atoms with Crippen molar-refractivity contribution in [2.45, 2.75) is 0 Å². The van der Waals surface area contributed by atoms with Gasteiger partial charge in [0.1, 0.15) is 24.9 Å². The second-order valence-corrected chi connectivity index (χ2v) is 5.47. The van der Waals surface area contributed by atoms with Crippen molar-refractivity contribution in [3.05, 3.63) is 58.4 Å². The van der Waals surface area contributed by atoms with Crippen LogP contribution in [0.1, 0.15) is 5.56 Å². The van der Waals surface area contributed by atoms with Crippen LogP contribution < -0.4 is 14.8 Å². The molecule has 0 fully saturated rings. The molecule has 1 heterocycles. The summed E-state index contributed by atoms with van der Waals surface area (Å²) in [5.41, 5.74) is -2.11. The SMILES string of the molecule is N#CC(=Cc1c(F)c(F)c(F)c(F)c1F)C(=O)Nc1ccc2c(c1)OCCO2. The predicted molar refractivity (Wildman–Crippen MR) is 85.9 cm³/mol. The first-order valence-corrected chi connectivity index (χ1v) is 7.67. The minimum Gasteiger partial charge on any atom is -0.486 e. The lowest BCUT2D eigenvalue weighted by atomic mass is 10.1. The Kier molecular flexibility index (Phi) is 5.17. The molecule has 1 aliphatic rings. The summed E-state index contributed by atoms with van der Waals surface area (Å²) in [5.74, 6) is -11.4. The maximum absolute atomic E-state index is 13.7. The zero-order valence-corrected chi connectivity index (χ0v) is 13.8. The highest BCUT2D eigenvalue weighted by atomic mass is 19.2. The number of fused-ring (bicyclic) bond motifs is 1. The predicted octanol–water partition coefficient (Wildman–Crippen LogP) is 3.70. The summed E-state index contributed by atoms with van der Waals surface area (Å²) in [7, 11) is 0. The molecule has 1 N–H and O–H groups in total. The zero-order valence-electron chi connectivity index (χ0n) is 13.8. The van der Waals surface area contributed by atoms with Crippen LogP contribution in [0.3, 0.4) is 0 Å². The summed E-state index contributed by atoms with van der Waals surface area (Å²) in [6.45, 7) is 0.635. The third-order valence-corrected chi connectivity index (χ3v) is 3.70. The average Bonchev–Trinajstić information content (AvgIpc) is 2.71. The van der Waals surface area contributed by atoms with Gasteiger partial charge in [-0.15, -0.1) is 0 Å². The third-order valence-electron chi connectivity index (χ3n) is 3.70. The van der Waals surface area contributed by atoms with E-state index in [0.717, 1.165) is 0 Å². The molecule has 1 amide bonds. The molecule has 0 atom stereocenters.